The summed E-state index contributed by atoms with van der Waals surface area (Å²) < 4.78 is 18.0. The minimum Gasteiger partial charge on any atom is -0.444 e. The van der Waals surface area contributed by atoms with Crippen molar-refractivity contribution in [1.29, 1.82) is 0 Å². The van der Waals surface area contributed by atoms with Gasteiger partial charge in [-0.05, 0) is 39.5 Å². The van der Waals surface area contributed by atoms with Gasteiger partial charge in [0.2, 0.25) is 5.95 Å². The third-order valence-corrected chi connectivity index (χ3v) is 3.44. The Balaban J connectivity index is 1.73. The van der Waals surface area contributed by atoms with E-state index in [0.29, 0.717) is 18.4 Å². The molecule has 1 aromatic rings. The Labute approximate surface area is 130 Å². The summed E-state index contributed by atoms with van der Waals surface area (Å²) in [6.45, 7) is 7.72. The Hall–Kier alpha value is -1.92. The first-order chi connectivity index (χ1) is 10.3. The molecule has 0 bridgehead atoms. The van der Waals surface area contributed by atoms with Crippen LogP contribution >= 0.6 is 0 Å². The maximum absolute atomic E-state index is 12.8. The van der Waals surface area contributed by atoms with Gasteiger partial charge in [-0.15, -0.1) is 0 Å². The van der Waals surface area contributed by atoms with Crippen molar-refractivity contribution < 1.29 is 13.9 Å². The average Bonchev–Trinajstić information content (AvgIpc) is 2.45. The van der Waals surface area contributed by atoms with E-state index in [1.807, 2.05) is 25.7 Å². The second-order valence-electron chi connectivity index (χ2n) is 6.51. The zero-order valence-corrected chi connectivity index (χ0v) is 13.3. The molecule has 1 N–H and O–H groups in total. The third kappa shape index (κ3) is 5.13. The number of carbonyl (C=O) groups excluding carboxylic acids is 1. The van der Waals surface area contributed by atoms with Crippen LogP contribution in [0.5, 0.6) is 0 Å². The number of ether oxygens (including phenoxy) is 1. The Morgan fingerprint density at radius 2 is 1.95 bits per heavy atom. The molecule has 22 heavy (non-hydrogen) atoms. The summed E-state index contributed by atoms with van der Waals surface area (Å²) in [5.74, 6) is 0.532. The molecule has 1 fully saturated rings. The molecule has 0 spiro atoms. The van der Waals surface area contributed by atoms with Crippen LogP contribution in [-0.2, 0) is 4.74 Å². The number of aromatic nitrogens is 2. The number of anilines is 1. The van der Waals surface area contributed by atoms with Crippen LogP contribution in [0, 0.1) is 11.7 Å². The van der Waals surface area contributed by atoms with E-state index in [2.05, 4.69) is 15.3 Å². The number of nitrogens with one attached hydrogen (secondary N) is 1. The summed E-state index contributed by atoms with van der Waals surface area (Å²) in [6.07, 6.45) is 3.83. The summed E-state index contributed by atoms with van der Waals surface area (Å²) in [5.41, 5.74) is -0.479. The first-order valence-electron chi connectivity index (χ1n) is 7.53. The highest BCUT2D eigenvalue weighted by Crippen LogP contribution is 2.20. The lowest BCUT2D eigenvalue weighted by molar-refractivity contribution is 0.0517. The first kappa shape index (κ1) is 16.5. The van der Waals surface area contributed by atoms with E-state index in [1.165, 1.54) is 12.4 Å². The van der Waals surface area contributed by atoms with E-state index in [-0.39, 0.29) is 6.09 Å². The highest BCUT2D eigenvalue weighted by atomic mass is 19.1. The summed E-state index contributed by atoms with van der Waals surface area (Å²) in [4.78, 5) is 21.6. The molecule has 1 aromatic heterocycles. The number of alkyl carbamates (subject to hydrolysis) is 1. The van der Waals surface area contributed by atoms with E-state index in [9.17, 15) is 9.18 Å². The van der Waals surface area contributed by atoms with Gasteiger partial charge in [-0.3, -0.25) is 0 Å². The van der Waals surface area contributed by atoms with Crippen LogP contribution in [-0.4, -0.2) is 41.3 Å². The molecular formula is C15H23FN4O2. The van der Waals surface area contributed by atoms with Gasteiger partial charge in [0.25, 0.3) is 0 Å². The lowest BCUT2D eigenvalue weighted by atomic mass is 9.97. The summed E-state index contributed by atoms with van der Waals surface area (Å²) in [7, 11) is 0. The molecule has 0 atom stereocenters. The van der Waals surface area contributed by atoms with Gasteiger partial charge in [-0.2, -0.15) is 0 Å². The molecule has 2 rings (SSSR count). The van der Waals surface area contributed by atoms with E-state index in [1.54, 1.807) is 0 Å². The van der Waals surface area contributed by atoms with E-state index < -0.39 is 11.4 Å². The quantitative estimate of drug-likeness (QED) is 0.928. The maximum Gasteiger partial charge on any atom is 0.407 e. The molecule has 1 aliphatic rings. The number of nitrogens with zero attached hydrogens (tertiary/aromatic N) is 3. The van der Waals surface area contributed by atoms with Gasteiger partial charge in [0, 0.05) is 19.6 Å². The standard InChI is InChI=1S/C15H23FN4O2/c1-15(2,3)22-14(21)19-8-11-4-6-20(7-5-11)13-17-9-12(16)10-18-13/h9-11H,4-8H2,1-3H3,(H,19,21). The fourth-order valence-corrected chi connectivity index (χ4v) is 2.35. The van der Waals surface area contributed by atoms with Crippen LogP contribution in [0.25, 0.3) is 0 Å². The van der Waals surface area contributed by atoms with E-state index in [4.69, 9.17) is 4.74 Å². The molecule has 0 aromatic carbocycles. The fraction of sp³-hybridized carbons (Fsp3) is 0.667. The van der Waals surface area contributed by atoms with Crippen molar-refractivity contribution >= 4 is 12.0 Å². The highest BCUT2D eigenvalue weighted by Gasteiger charge is 2.22. The molecule has 0 radical (unpaired) electrons. The maximum atomic E-state index is 12.8. The van der Waals surface area contributed by atoms with Crippen LogP contribution in [0.1, 0.15) is 33.6 Å². The number of carbonyl (C=O) groups is 1. The van der Waals surface area contributed by atoms with Gasteiger partial charge >= 0.3 is 6.09 Å². The largest absolute Gasteiger partial charge is 0.444 e. The zero-order chi connectivity index (χ0) is 16.2. The number of hydrogen-bond donors (Lipinski definition) is 1. The number of hydrogen-bond acceptors (Lipinski definition) is 5. The molecule has 1 saturated heterocycles. The Kier molecular flexibility index (Phi) is 5.15. The third-order valence-electron chi connectivity index (χ3n) is 3.44. The summed E-state index contributed by atoms with van der Waals surface area (Å²) in [5, 5.41) is 2.81. The predicted octanol–water partition coefficient (Wildman–Crippen LogP) is 2.36. The second kappa shape index (κ2) is 6.89. The van der Waals surface area contributed by atoms with Crippen molar-refractivity contribution in [2.24, 2.45) is 5.92 Å². The average molecular weight is 310 g/mol. The van der Waals surface area contributed by atoms with Crippen LogP contribution < -0.4 is 10.2 Å². The molecule has 122 valence electrons. The molecule has 0 saturated carbocycles. The van der Waals surface area contributed by atoms with Crippen molar-refractivity contribution in [3.8, 4) is 0 Å². The van der Waals surface area contributed by atoms with Crippen LogP contribution in [0.4, 0.5) is 15.1 Å². The normalized spacial score (nSPS) is 16.5. The van der Waals surface area contributed by atoms with Gasteiger partial charge in [-0.25, -0.2) is 19.2 Å². The first-order valence-corrected chi connectivity index (χ1v) is 7.53. The Bertz CT molecular complexity index is 493. The minimum absolute atomic E-state index is 0.378. The topological polar surface area (TPSA) is 67.3 Å². The number of piperidine rings is 1. The van der Waals surface area contributed by atoms with Crippen LogP contribution in [0.15, 0.2) is 12.4 Å². The molecule has 0 unspecified atom stereocenters. The van der Waals surface area contributed by atoms with Crippen molar-refractivity contribution in [2.45, 2.75) is 39.2 Å². The minimum atomic E-state index is -0.479. The molecule has 1 amide bonds. The van der Waals surface area contributed by atoms with Crippen LogP contribution in [0.2, 0.25) is 0 Å². The number of rotatable bonds is 3. The van der Waals surface area contributed by atoms with Gasteiger partial charge < -0.3 is 15.0 Å². The predicted molar refractivity (Wildman–Crippen MR) is 81.2 cm³/mol. The number of amides is 1. The molecular weight excluding hydrogens is 287 g/mol. The van der Waals surface area contributed by atoms with Crippen molar-refractivity contribution in [2.75, 3.05) is 24.5 Å². The molecule has 7 heteroatoms. The van der Waals surface area contributed by atoms with Gasteiger partial charge in [-0.1, -0.05) is 0 Å². The monoisotopic (exact) mass is 310 g/mol. The van der Waals surface area contributed by atoms with E-state index >= 15 is 0 Å². The zero-order valence-electron chi connectivity index (χ0n) is 13.3. The SMILES string of the molecule is CC(C)(C)OC(=O)NCC1CCN(c2ncc(F)cn2)CC1. The molecule has 2 heterocycles. The van der Waals surface area contributed by atoms with Gasteiger partial charge in [0.05, 0.1) is 12.4 Å². The number of halogens is 1. The molecule has 0 aliphatic carbocycles. The molecule has 1 aliphatic heterocycles. The van der Waals surface area contributed by atoms with Crippen molar-refractivity contribution in [3.63, 3.8) is 0 Å². The fourth-order valence-electron chi connectivity index (χ4n) is 2.35. The van der Waals surface area contributed by atoms with Crippen molar-refractivity contribution in [1.82, 2.24) is 15.3 Å². The second-order valence-corrected chi connectivity index (χ2v) is 6.51. The summed E-state index contributed by atoms with van der Waals surface area (Å²) >= 11 is 0. The van der Waals surface area contributed by atoms with Gasteiger partial charge in [0.1, 0.15) is 5.60 Å². The van der Waals surface area contributed by atoms with Crippen LogP contribution in [0.3, 0.4) is 0 Å². The smallest absolute Gasteiger partial charge is 0.407 e. The Morgan fingerprint density at radius 1 is 1.36 bits per heavy atom. The highest BCUT2D eigenvalue weighted by molar-refractivity contribution is 5.67. The van der Waals surface area contributed by atoms with Crippen molar-refractivity contribution in [3.05, 3.63) is 18.2 Å². The Morgan fingerprint density at radius 3 is 2.50 bits per heavy atom. The molecule has 6 nitrogen and oxygen atoms in total. The van der Waals surface area contributed by atoms with Gasteiger partial charge in [0.15, 0.2) is 5.82 Å². The lowest BCUT2D eigenvalue weighted by Crippen LogP contribution is -2.40. The summed E-state index contributed by atoms with van der Waals surface area (Å²) in [6, 6.07) is 0. The van der Waals surface area contributed by atoms with E-state index in [0.717, 1.165) is 25.9 Å². The lowest BCUT2D eigenvalue weighted by Gasteiger charge is -2.32.